The van der Waals surface area contributed by atoms with Gasteiger partial charge in [0.05, 0.1) is 0 Å². The van der Waals surface area contributed by atoms with Crippen LogP contribution in [0.5, 0.6) is 0 Å². The van der Waals surface area contributed by atoms with Crippen LogP contribution in [0.25, 0.3) is 0 Å². The maximum absolute atomic E-state index is 14.2. The van der Waals surface area contributed by atoms with Gasteiger partial charge in [-0.3, -0.25) is 4.79 Å². The topological polar surface area (TPSA) is 66.5 Å². The molecular weight excluding hydrogens is 355 g/mol. The van der Waals surface area contributed by atoms with Crippen molar-refractivity contribution in [3.8, 4) is 0 Å². The fourth-order valence-corrected chi connectivity index (χ4v) is 4.29. The lowest BCUT2D eigenvalue weighted by Gasteiger charge is -2.19. The molecule has 0 aliphatic carbocycles. The Morgan fingerprint density at radius 3 is 2.19 bits per heavy atom. The van der Waals surface area contributed by atoms with Gasteiger partial charge in [-0.15, -0.1) is 0 Å². The largest absolute Gasteiger partial charge is 0.322 e. The number of aryl methyl sites for hydroxylation is 2. The Morgan fingerprint density at radius 2 is 1.65 bits per heavy atom. The van der Waals surface area contributed by atoms with Crippen LogP contribution >= 0.6 is 0 Å². The van der Waals surface area contributed by atoms with Gasteiger partial charge in [-0.2, -0.15) is 4.31 Å². The van der Waals surface area contributed by atoms with Crippen molar-refractivity contribution in [1.29, 1.82) is 0 Å². The van der Waals surface area contributed by atoms with Crippen LogP contribution in [0.15, 0.2) is 41.3 Å². The molecule has 2 aromatic rings. The molecule has 7 heteroatoms. The highest BCUT2D eigenvalue weighted by Gasteiger charge is 2.26. The van der Waals surface area contributed by atoms with Crippen molar-refractivity contribution in [2.75, 3.05) is 18.4 Å². The average molecular weight is 378 g/mol. The minimum atomic E-state index is -4.00. The molecule has 140 valence electrons. The molecule has 0 radical (unpaired) electrons. The molecule has 0 unspecified atom stereocenters. The minimum absolute atomic E-state index is 0.0831. The van der Waals surface area contributed by atoms with Gasteiger partial charge >= 0.3 is 0 Å². The predicted octanol–water partition coefficient (Wildman–Crippen LogP) is 3.73. The lowest BCUT2D eigenvalue weighted by atomic mass is 10.1. The maximum atomic E-state index is 14.2. The Bertz CT molecular complexity index is 902. The highest BCUT2D eigenvalue weighted by atomic mass is 32.2. The molecule has 0 aliphatic heterocycles. The van der Waals surface area contributed by atoms with Gasteiger partial charge in [0, 0.05) is 24.3 Å². The fourth-order valence-electron chi connectivity index (χ4n) is 2.74. The number of amides is 1. The summed E-state index contributed by atoms with van der Waals surface area (Å²) in [6.07, 6.45) is 0. The number of carbonyl (C=O) groups excluding carboxylic acids is 1. The Balaban J connectivity index is 2.42. The number of sulfonamides is 1. The third kappa shape index (κ3) is 3.94. The molecule has 0 spiro atoms. The van der Waals surface area contributed by atoms with Crippen molar-refractivity contribution >= 4 is 21.6 Å². The number of nitrogens with zero attached hydrogens (tertiary/aromatic N) is 1. The van der Waals surface area contributed by atoms with Gasteiger partial charge in [0.15, 0.2) is 0 Å². The fraction of sp³-hybridized carbons (Fsp3) is 0.316. The predicted molar refractivity (Wildman–Crippen MR) is 100 cm³/mol. The van der Waals surface area contributed by atoms with Crippen molar-refractivity contribution in [3.63, 3.8) is 0 Å². The van der Waals surface area contributed by atoms with E-state index in [2.05, 4.69) is 5.32 Å². The van der Waals surface area contributed by atoms with E-state index >= 15 is 0 Å². The van der Waals surface area contributed by atoms with Crippen molar-refractivity contribution < 1.29 is 17.6 Å². The summed E-state index contributed by atoms with van der Waals surface area (Å²) in [7, 11) is -4.00. The van der Waals surface area contributed by atoms with E-state index in [1.807, 2.05) is 32.0 Å². The van der Waals surface area contributed by atoms with Gasteiger partial charge in [0.1, 0.15) is 10.7 Å². The van der Waals surface area contributed by atoms with Gasteiger partial charge in [-0.05, 0) is 43.2 Å². The van der Waals surface area contributed by atoms with E-state index in [1.54, 1.807) is 13.8 Å². The molecule has 5 nitrogen and oxygen atoms in total. The molecular formula is C19H23FN2O3S. The summed E-state index contributed by atoms with van der Waals surface area (Å²) in [5.74, 6) is -1.36. The van der Waals surface area contributed by atoms with Crippen molar-refractivity contribution in [2.24, 2.45) is 0 Å². The Morgan fingerprint density at radius 1 is 1.08 bits per heavy atom. The molecule has 1 amide bonds. The molecule has 0 saturated heterocycles. The summed E-state index contributed by atoms with van der Waals surface area (Å²) in [6, 6.07) is 8.99. The van der Waals surface area contributed by atoms with E-state index in [4.69, 9.17) is 0 Å². The molecule has 0 fully saturated rings. The Kier molecular flexibility index (Phi) is 6.15. The van der Waals surface area contributed by atoms with Crippen LogP contribution in [0.3, 0.4) is 0 Å². The van der Waals surface area contributed by atoms with Crippen LogP contribution in [-0.2, 0) is 10.0 Å². The lowest BCUT2D eigenvalue weighted by molar-refractivity contribution is 0.102. The summed E-state index contributed by atoms with van der Waals surface area (Å²) in [6.45, 7) is 7.52. The second-order valence-electron chi connectivity index (χ2n) is 5.96. The second-order valence-corrected chi connectivity index (χ2v) is 7.86. The zero-order valence-corrected chi connectivity index (χ0v) is 16.2. The number of para-hydroxylation sites is 1. The molecule has 0 aromatic heterocycles. The van der Waals surface area contributed by atoms with Crippen molar-refractivity contribution in [3.05, 3.63) is 58.9 Å². The average Bonchev–Trinajstić information content (AvgIpc) is 2.59. The van der Waals surface area contributed by atoms with Crippen LogP contribution in [0.1, 0.15) is 35.3 Å². The van der Waals surface area contributed by atoms with Crippen molar-refractivity contribution in [1.82, 2.24) is 4.31 Å². The normalized spacial score (nSPS) is 11.6. The Hall–Kier alpha value is -2.25. The standard InChI is InChI=1S/C19H23FN2O3S/c1-5-22(6-2)26(24,25)17-12-15(10-11-16(17)20)19(23)21-18-13(3)8-7-9-14(18)4/h7-12H,5-6H2,1-4H3,(H,21,23). The van der Waals surface area contributed by atoms with E-state index in [0.717, 1.165) is 27.6 Å². The maximum Gasteiger partial charge on any atom is 0.255 e. The molecule has 0 bridgehead atoms. The monoisotopic (exact) mass is 378 g/mol. The summed E-state index contributed by atoms with van der Waals surface area (Å²) < 4.78 is 40.6. The molecule has 2 aromatic carbocycles. The van der Waals surface area contributed by atoms with E-state index in [-0.39, 0.29) is 18.7 Å². The molecule has 1 N–H and O–H groups in total. The summed E-state index contributed by atoms with van der Waals surface area (Å²) in [5.41, 5.74) is 2.52. The number of halogens is 1. The van der Waals surface area contributed by atoms with Gasteiger partial charge < -0.3 is 5.32 Å². The Labute approximate surface area is 153 Å². The zero-order chi connectivity index (χ0) is 19.5. The number of benzene rings is 2. The quantitative estimate of drug-likeness (QED) is 0.833. The molecule has 0 atom stereocenters. The molecule has 26 heavy (non-hydrogen) atoms. The van der Waals surface area contributed by atoms with E-state index in [1.165, 1.54) is 6.07 Å². The first kappa shape index (κ1) is 20.1. The molecule has 0 aliphatic rings. The van der Waals surface area contributed by atoms with Crippen LogP contribution < -0.4 is 5.32 Å². The van der Waals surface area contributed by atoms with Crippen molar-refractivity contribution in [2.45, 2.75) is 32.6 Å². The first-order chi connectivity index (χ1) is 12.2. The third-order valence-corrected chi connectivity index (χ3v) is 6.30. The third-order valence-electron chi connectivity index (χ3n) is 4.24. The summed E-state index contributed by atoms with van der Waals surface area (Å²) in [4.78, 5) is 12.1. The lowest BCUT2D eigenvalue weighted by Crippen LogP contribution is -2.31. The molecule has 0 heterocycles. The summed E-state index contributed by atoms with van der Waals surface area (Å²) in [5, 5.41) is 2.78. The number of hydrogen-bond donors (Lipinski definition) is 1. The van der Waals surface area contributed by atoms with E-state index in [9.17, 15) is 17.6 Å². The number of hydrogen-bond acceptors (Lipinski definition) is 3. The molecule has 0 saturated carbocycles. The van der Waals surface area contributed by atoms with Gasteiger partial charge in [-0.25, -0.2) is 12.8 Å². The highest BCUT2D eigenvalue weighted by Crippen LogP contribution is 2.23. The van der Waals surface area contributed by atoms with Gasteiger partial charge in [0.25, 0.3) is 5.91 Å². The van der Waals surface area contributed by atoms with Crippen LogP contribution in [-0.4, -0.2) is 31.7 Å². The zero-order valence-electron chi connectivity index (χ0n) is 15.3. The second kappa shape index (κ2) is 7.97. The van der Waals surface area contributed by atoms with Crippen LogP contribution in [0.4, 0.5) is 10.1 Å². The number of anilines is 1. The van der Waals surface area contributed by atoms with Gasteiger partial charge in [0.2, 0.25) is 10.0 Å². The summed E-state index contributed by atoms with van der Waals surface area (Å²) >= 11 is 0. The number of nitrogens with one attached hydrogen (secondary N) is 1. The first-order valence-electron chi connectivity index (χ1n) is 8.39. The number of rotatable bonds is 6. The van der Waals surface area contributed by atoms with Crippen LogP contribution in [0, 0.1) is 19.7 Å². The first-order valence-corrected chi connectivity index (χ1v) is 9.83. The van der Waals surface area contributed by atoms with Crippen LogP contribution in [0.2, 0.25) is 0 Å². The minimum Gasteiger partial charge on any atom is -0.322 e. The van der Waals surface area contributed by atoms with E-state index < -0.39 is 26.6 Å². The smallest absolute Gasteiger partial charge is 0.255 e. The SMILES string of the molecule is CCN(CC)S(=O)(=O)c1cc(C(=O)Nc2c(C)cccc2C)ccc1F. The molecule has 2 rings (SSSR count). The number of carbonyl (C=O) groups is 1. The van der Waals surface area contributed by atoms with E-state index in [0.29, 0.717) is 5.69 Å². The highest BCUT2D eigenvalue weighted by molar-refractivity contribution is 7.89. The van der Waals surface area contributed by atoms with Gasteiger partial charge in [-0.1, -0.05) is 32.0 Å².